The van der Waals surface area contributed by atoms with E-state index in [0.717, 1.165) is 40.5 Å². The van der Waals surface area contributed by atoms with Gasteiger partial charge in [-0.2, -0.15) is 5.10 Å². The zero-order valence-electron chi connectivity index (χ0n) is 12.2. The standard InChI is InChI=1S/C15H21ClN4/c1-4-12-9-14(20(5-2)19-12)15(18-17)11-7-6-10(3)13(16)8-11/h6-9,15,18H,4-5,17H2,1-3H3. The highest BCUT2D eigenvalue weighted by atomic mass is 35.5. The van der Waals surface area contributed by atoms with E-state index >= 15 is 0 Å². The molecule has 5 heteroatoms. The fourth-order valence-electron chi connectivity index (χ4n) is 2.29. The summed E-state index contributed by atoms with van der Waals surface area (Å²) in [7, 11) is 0. The van der Waals surface area contributed by atoms with Gasteiger partial charge in [0.05, 0.1) is 17.4 Å². The fourth-order valence-corrected chi connectivity index (χ4v) is 2.48. The molecule has 3 N–H and O–H groups in total. The molecule has 0 aliphatic heterocycles. The van der Waals surface area contributed by atoms with Crippen molar-refractivity contribution in [2.24, 2.45) is 5.84 Å². The van der Waals surface area contributed by atoms with Crippen LogP contribution in [-0.2, 0) is 13.0 Å². The highest BCUT2D eigenvalue weighted by molar-refractivity contribution is 6.31. The Balaban J connectivity index is 2.45. The average Bonchev–Trinajstić information content (AvgIpc) is 2.87. The topological polar surface area (TPSA) is 55.9 Å². The molecule has 0 amide bonds. The number of nitrogens with one attached hydrogen (secondary N) is 1. The van der Waals surface area contributed by atoms with Gasteiger partial charge in [0.25, 0.3) is 0 Å². The molecule has 1 heterocycles. The largest absolute Gasteiger partial charge is 0.271 e. The Bertz CT molecular complexity index is 592. The van der Waals surface area contributed by atoms with Crippen molar-refractivity contribution in [3.63, 3.8) is 0 Å². The first-order valence-electron chi connectivity index (χ1n) is 6.89. The van der Waals surface area contributed by atoms with Crippen LogP contribution in [0.1, 0.15) is 42.4 Å². The Morgan fingerprint density at radius 3 is 2.65 bits per heavy atom. The van der Waals surface area contributed by atoms with Crippen LogP contribution >= 0.6 is 11.6 Å². The van der Waals surface area contributed by atoms with Crippen LogP contribution in [0.25, 0.3) is 0 Å². The summed E-state index contributed by atoms with van der Waals surface area (Å²) in [6, 6.07) is 8.00. The highest BCUT2D eigenvalue weighted by Gasteiger charge is 2.18. The van der Waals surface area contributed by atoms with Crippen molar-refractivity contribution in [3.8, 4) is 0 Å². The summed E-state index contributed by atoms with van der Waals surface area (Å²) in [5, 5.41) is 5.32. The summed E-state index contributed by atoms with van der Waals surface area (Å²) in [6.07, 6.45) is 0.909. The summed E-state index contributed by atoms with van der Waals surface area (Å²) in [4.78, 5) is 0. The molecule has 2 rings (SSSR count). The van der Waals surface area contributed by atoms with Gasteiger partial charge < -0.3 is 0 Å². The number of nitrogens with zero attached hydrogens (tertiary/aromatic N) is 2. The first-order valence-corrected chi connectivity index (χ1v) is 7.27. The summed E-state index contributed by atoms with van der Waals surface area (Å²) in [6.45, 7) is 6.97. The van der Waals surface area contributed by atoms with E-state index in [1.54, 1.807) is 0 Å². The van der Waals surface area contributed by atoms with Crippen molar-refractivity contribution in [2.75, 3.05) is 0 Å². The average molecular weight is 293 g/mol. The Morgan fingerprint density at radius 1 is 1.35 bits per heavy atom. The molecule has 0 aliphatic carbocycles. The van der Waals surface area contributed by atoms with Crippen molar-refractivity contribution < 1.29 is 0 Å². The maximum atomic E-state index is 6.22. The van der Waals surface area contributed by atoms with E-state index < -0.39 is 0 Å². The zero-order chi connectivity index (χ0) is 14.7. The Morgan fingerprint density at radius 2 is 2.10 bits per heavy atom. The molecule has 0 saturated carbocycles. The highest BCUT2D eigenvalue weighted by Crippen LogP contribution is 2.26. The molecule has 0 radical (unpaired) electrons. The fraction of sp³-hybridized carbons (Fsp3) is 0.400. The molecule has 4 nitrogen and oxygen atoms in total. The van der Waals surface area contributed by atoms with Gasteiger partial charge in [-0.15, -0.1) is 0 Å². The number of rotatable bonds is 5. The molecule has 0 fully saturated rings. The van der Waals surface area contributed by atoms with Crippen molar-refractivity contribution >= 4 is 11.6 Å². The van der Waals surface area contributed by atoms with Gasteiger partial charge in [-0.25, -0.2) is 5.43 Å². The van der Waals surface area contributed by atoms with Crippen molar-refractivity contribution in [1.29, 1.82) is 0 Å². The van der Waals surface area contributed by atoms with Crippen LogP contribution in [0.15, 0.2) is 24.3 Å². The minimum Gasteiger partial charge on any atom is -0.271 e. The molecule has 2 aromatic rings. The maximum absolute atomic E-state index is 6.22. The normalized spacial score (nSPS) is 12.7. The zero-order valence-corrected chi connectivity index (χ0v) is 12.9. The second-order valence-corrected chi connectivity index (χ2v) is 5.25. The van der Waals surface area contributed by atoms with Gasteiger partial charge in [0.1, 0.15) is 0 Å². The van der Waals surface area contributed by atoms with Crippen LogP contribution in [0.2, 0.25) is 5.02 Å². The van der Waals surface area contributed by atoms with E-state index in [9.17, 15) is 0 Å². The molecular weight excluding hydrogens is 272 g/mol. The number of hydrazine groups is 1. The number of aromatic nitrogens is 2. The summed E-state index contributed by atoms with van der Waals surface area (Å²) < 4.78 is 1.98. The van der Waals surface area contributed by atoms with Crippen LogP contribution in [0.5, 0.6) is 0 Å². The number of halogens is 1. The molecule has 1 aromatic carbocycles. The number of aryl methyl sites for hydroxylation is 3. The van der Waals surface area contributed by atoms with Crippen LogP contribution in [0, 0.1) is 6.92 Å². The first-order chi connectivity index (χ1) is 9.60. The summed E-state index contributed by atoms with van der Waals surface area (Å²) in [5.74, 6) is 5.77. The lowest BCUT2D eigenvalue weighted by Gasteiger charge is -2.18. The quantitative estimate of drug-likeness (QED) is 0.658. The Hall–Kier alpha value is -1.36. The predicted octanol–water partition coefficient (Wildman–Crippen LogP) is 2.98. The molecular formula is C15H21ClN4. The van der Waals surface area contributed by atoms with E-state index in [4.69, 9.17) is 17.4 Å². The molecule has 1 unspecified atom stereocenters. The lowest BCUT2D eigenvalue weighted by molar-refractivity contribution is 0.541. The molecule has 0 saturated heterocycles. The van der Waals surface area contributed by atoms with E-state index in [2.05, 4.69) is 30.4 Å². The SMILES string of the molecule is CCc1cc(C(NN)c2ccc(C)c(Cl)c2)n(CC)n1. The summed E-state index contributed by atoms with van der Waals surface area (Å²) >= 11 is 6.22. The molecule has 1 atom stereocenters. The third-order valence-corrected chi connectivity index (χ3v) is 3.92. The van der Waals surface area contributed by atoms with Gasteiger partial charge in [0.15, 0.2) is 0 Å². The van der Waals surface area contributed by atoms with E-state index in [1.165, 1.54) is 0 Å². The van der Waals surface area contributed by atoms with Crippen LogP contribution in [0.4, 0.5) is 0 Å². The number of nitrogens with two attached hydrogens (primary N) is 1. The second kappa shape index (κ2) is 6.39. The van der Waals surface area contributed by atoms with Gasteiger partial charge in [-0.1, -0.05) is 30.7 Å². The second-order valence-electron chi connectivity index (χ2n) is 4.84. The lowest BCUT2D eigenvalue weighted by Crippen LogP contribution is -2.30. The van der Waals surface area contributed by atoms with Gasteiger partial charge in [0.2, 0.25) is 0 Å². The first kappa shape index (κ1) is 15.0. The number of hydrogen-bond donors (Lipinski definition) is 2. The van der Waals surface area contributed by atoms with Crippen molar-refractivity contribution in [2.45, 2.75) is 39.8 Å². The smallest absolute Gasteiger partial charge is 0.0878 e. The maximum Gasteiger partial charge on any atom is 0.0878 e. The lowest BCUT2D eigenvalue weighted by atomic mass is 10.0. The Kier molecular flexibility index (Phi) is 4.81. The van der Waals surface area contributed by atoms with E-state index in [0.29, 0.717) is 0 Å². The molecule has 0 spiro atoms. The number of hydrogen-bond acceptors (Lipinski definition) is 3. The summed E-state index contributed by atoms with van der Waals surface area (Å²) in [5.41, 5.74) is 7.11. The third kappa shape index (κ3) is 2.87. The molecule has 20 heavy (non-hydrogen) atoms. The van der Waals surface area contributed by atoms with Gasteiger partial charge in [-0.3, -0.25) is 10.5 Å². The van der Waals surface area contributed by atoms with Crippen LogP contribution < -0.4 is 11.3 Å². The molecule has 0 bridgehead atoms. The molecule has 1 aromatic heterocycles. The molecule has 0 aliphatic rings. The minimum atomic E-state index is -0.110. The van der Waals surface area contributed by atoms with Gasteiger partial charge in [0, 0.05) is 11.6 Å². The van der Waals surface area contributed by atoms with Crippen LogP contribution in [-0.4, -0.2) is 9.78 Å². The van der Waals surface area contributed by atoms with Gasteiger partial charge >= 0.3 is 0 Å². The van der Waals surface area contributed by atoms with Crippen molar-refractivity contribution in [3.05, 3.63) is 51.8 Å². The third-order valence-electron chi connectivity index (χ3n) is 3.52. The number of benzene rings is 1. The predicted molar refractivity (Wildman–Crippen MR) is 82.6 cm³/mol. The van der Waals surface area contributed by atoms with Gasteiger partial charge in [-0.05, 0) is 43.5 Å². The monoisotopic (exact) mass is 292 g/mol. The van der Waals surface area contributed by atoms with E-state index in [-0.39, 0.29) is 6.04 Å². The molecule has 108 valence electrons. The van der Waals surface area contributed by atoms with E-state index in [1.807, 2.05) is 29.8 Å². The van der Waals surface area contributed by atoms with Crippen LogP contribution in [0.3, 0.4) is 0 Å². The Labute approximate surface area is 124 Å². The van der Waals surface area contributed by atoms with Crippen molar-refractivity contribution in [1.82, 2.24) is 15.2 Å². The minimum absolute atomic E-state index is 0.110.